The van der Waals surface area contributed by atoms with E-state index in [0.717, 1.165) is 34.6 Å². The molecule has 1 unspecified atom stereocenters. The molecule has 1 aliphatic rings. The lowest BCUT2D eigenvalue weighted by Gasteiger charge is -2.22. The molecule has 6 rings (SSSR count). The number of carbonyl (C=O) groups excluding carboxylic acids is 4. The molecule has 3 amide bonds. The number of hydrogen-bond donors (Lipinski definition) is 3. The van der Waals surface area contributed by atoms with Gasteiger partial charge in [0.25, 0.3) is 11.8 Å². The van der Waals surface area contributed by atoms with Crippen molar-refractivity contribution < 1.29 is 28.7 Å². The quantitative estimate of drug-likeness (QED) is 0.0629. The van der Waals surface area contributed by atoms with Gasteiger partial charge in [-0.15, -0.1) is 23.1 Å². The molecule has 1 atom stereocenters. The third kappa shape index (κ3) is 9.43. The number of rotatable bonds is 13. The van der Waals surface area contributed by atoms with Crippen molar-refractivity contribution in [1.29, 1.82) is 0 Å². The van der Waals surface area contributed by atoms with Gasteiger partial charge in [0.15, 0.2) is 0 Å². The second-order valence-corrected chi connectivity index (χ2v) is 14.4. The van der Waals surface area contributed by atoms with Gasteiger partial charge < -0.3 is 25.4 Å². The minimum atomic E-state index is -0.535. The largest absolute Gasteiger partial charge is 0.493 e. The Balaban J connectivity index is 1.14. The molecule has 1 heterocycles. The molecule has 4 aromatic carbocycles. The number of methoxy groups -OCH3 is 1. The molecule has 0 fully saturated rings. The van der Waals surface area contributed by atoms with E-state index in [4.69, 9.17) is 9.47 Å². The predicted molar refractivity (Wildman–Crippen MR) is 211 cm³/mol. The Kier molecular flexibility index (Phi) is 12.4. The summed E-state index contributed by atoms with van der Waals surface area (Å²) in [5, 5.41) is 9.11. The van der Waals surface area contributed by atoms with Crippen LogP contribution in [0.3, 0.4) is 0 Å². The van der Waals surface area contributed by atoms with Crippen LogP contribution in [0.1, 0.15) is 61.5 Å². The van der Waals surface area contributed by atoms with E-state index in [1.54, 1.807) is 60.7 Å². The molecule has 0 radical (unpaired) electrons. The van der Waals surface area contributed by atoms with E-state index in [9.17, 15) is 19.2 Å². The Morgan fingerprint density at radius 3 is 2.38 bits per heavy atom. The van der Waals surface area contributed by atoms with Crippen molar-refractivity contribution in [2.45, 2.75) is 37.0 Å². The topological polar surface area (TPSA) is 123 Å². The number of thiophene rings is 1. The molecule has 0 spiro atoms. The van der Waals surface area contributed by atoms with Crippen LogP contribution in [-0.4, -0.2) is 43.2 Å². The summed E-state index contributed by atoms with van der Waals surface area (Å²) in [6.45, 7) is 2.30. The minimum absolute atomic E-state index is 0.0265. The highest BCUT2D eigenvalue weighted by atomic mass is 32.2. The van der Waals surface area contributed by atoms with Gasteiger partial charge in [-0.3, -0.25) is 14.4 Å². The average Bonchev–Trinajstić information content (AvgIpc) is 3.55. The van der Waals surface area contributed by atoms with Crippen LogP contribution < -0.4 is 20.7 Å². The summed E-state index contributed by atoms with van der Waals surface area (Å²) in [7, 11) is 1.35. The summed E-state index contributed by atoms with van der Waals surface area (Å²) >= 11 is 2.73. The monoisotopic (exact) mass is 745 g/mol. The number of benzene rings is 4. The van der Waals surface area contributed by atoms with Crippen LogP contribution in [0.15, 0.2) is 120 Å². The Bertz CT molecular complexity index is 2130. The number of hydrogen-bond acceptors (Lipinski definition) is 8. The normalized spacial score (nSPS) is 13.7. The summed E-state index contributed by atoms with van der Waals surface area (Å²) < 4.78 is 10.9. The van der Waals surface area contributed by atoms with Crippen LogP contribution in [0.5, 0.6) is 5.75 Å². The maximum Gasteiger partial charge on any atom is 0.341 e. The molecule has 5 aromatic rings. The molecule has 0 saturated carbocycles. The number of carbonyl (C=O) groups is 4. The number of nitrogens with one attached hydrogen (secondary N) is 3. The Morgan fingerprint density at radius 2 is 1.62 bits per heavy atom. The van der Waals surface area contributed by atoms with Crippen molar-refractivity contribution in [2.24, 2.45) is 0 Å². The van der Waals surface area contributed by atoms with Gasteiger partial charge in [0.05, 0.1) is 25.0 Å². The first-order chi connectivity index (χ1) is 25.8. The fourth-order valence-electron chi connectivity index (χ4n) is 6.16. The number of esters is 1. The van der Waals surface area contributed by atoms with Crippen LogP contribution in [0.2, 0.25) is 0 Å². The maximum atomic E-state index is 13.7. The standard InChI is InChI=1S/C42H39N3O6S2/c1-3-51-35-20-11-10-17-30(35)23-34(44-39(47)28-15-8-5-9-16-28)40(48)43-31-18-12-19-32(25-31)52-26-37(46)45-41-38(42(49)50-2)33-22-21-29(24-36(33)53-41)27-13-6-4-7-14-27/h4-20,23,25,29H,3,21-22,24,26H2,1-2H3,(H,43,48)(H,44,47)(H,45,46)/b34-23+. The van der Waals surface area contributed by atoms with Crippen LogP contribution in [0.4, 0.5) is 10.7 Å². The Morgan fingerprint density at radius 1 is 0.887 bits per heavy atom. The van der Waals surface area contributed by atoms with Crippen molar-refractivity contribution in [3.05, 3.63) is 148 Å². The summed E-state index contributed by atoms with van der Waals surface area (Å²) in [4.78, 5) is 54.8. The molecule has 9 nitrogen and oxygen atoms in total. The van der Waals surface area contributed by atoms with Crippen LogP contribution in [0, 0.1) is 0 Å². The SMILES string of the molecule is CCOc1ccccc1/C=C(/NC(=O)c1ccccc1)C(=O)Nc1cccc(SCC(=O)Nc2sc3c(c2C(=O)OC)CCC(c2ccccc2)C3)c1. The zero-order chi connectivity index (χ0) is 37.2. The van der Waals surface area contributed by atoms with E-state index in [0.29, 0.717) is 45.7 Å². The van der Waals surface area contributed by atoms with E-state index in [1.165, 1.54) is 35.8 Å². The lowest BCUT2D eigenvalue weighted by atomic mass is 9.83. The van der Waals surface area contributed by atoms with Gasteiger partial charge in [-0.25, -0.2) is 4.79 Å². The summed E-state index contributed by atoms with van der Waals surface area (Å²) in [5.74, 6) is -0.710. The van der Waals surface area contributed by atoms with Gasteiger partial charge in [-0.1, -0.05) is 72.8 Å². The zero-order valence-electron chi connectivity index (χ0n) is 29.3. The van der Waals surface area contributed by atoms with Crippen molar-refractivity contribution in [2.75, 3.05) is 30.1 Å². The molecule has 1 aromatic heterocycles. The van der Waals surface area contributed by atoms with Crippen molar-refractivity contribution in [1.82, 2.24) is 5.32 Å². The number of fused-ring (bicyclic) bond motifs is 1. The van der Waals surface area contributed by atoms with E-state index in [1.807, 2.05) is 49.4 Å². The van der Waals surface area contributed by atoms with E-state index >= 15 is 0 Å². The third-order valence-corrected chi connectivity index (χ3v) is 10.9. The molecule has 53 heavy (non-hydrogen) atoms. The lowest BCUT2D eigenvalue weighted by Crippen LogP contribution is -2.30. The summed E-state index contributed by atoms with van der Waals surface area (Å²) in [5.41, 5.74) is 4.19. The highest BCUT2D eigenvalue weighted by Gasteiger charge is 2.30. The Labute approximate surface area is 316 Å². The summed E-state index contributed by atoms with van der Waals surface area (Å²) in [6, 6.07) is 33.3. The Hall–Kier alpha value is -5.65. The van der Waals surface area contributed by atoms with E-state index < -0.39 is 17.8 Å². The van der Waals surface area contributed by atoms with Crippen molar-refractivity contribution in [3.63, 3.8) is 0 Å². The fraction of sp³-hybridized carbons (Fsp3) is 0.190. The molecule has 0 aliphatic heterocycles. The van der Waals surface area contributed by atoms with Gasteiger partial charge in [0.1, 0.15) is 16.4 Å². The van der Waals surface area contributed by atoms with Crippen molar-refractivity contribution in [3.8, 4) is 5.75 Å². The third-order valence-electron chi connectivity index (χ3n) is 8.69. The molecule has 0 saturated heterocycles. The number of anilines is 2. The first-order valence-corrected chi connectivity index (χ1v) is 19.0. The van der Waals surface area contributed by atoms with Crippen LogP contribution >= 0.6 is 23.1 Å². The van der Waals surface area contributed by atoms with Gasteiger partial charge >= 0.3 is 5.97 Å². The van der Waals surface area contributed by atoms with Crippen LogP contribution in [0.25, 0.3) is 6.08 Å². The summed E-state index contributed by atoms with van der Waals surface area (Å²) in [6.07, 6.45) is 4.01. The van der Waals surface area contributed by atoms with Crippen molar-refractivity contribution >= 4 is 63.6 Å². The zero-order valence-corrected chi connectivity index (χ0v) is 31.0. The van der Waals surface area contributed by atoms with Gasteiger partial charge in [0.2, 0.25) is 5.91 Å². The molecule has 1 aliphatic carbocycles. The number of thioether (sulfide) groups is 1. The maximum absolute atomic E-state index is 13.7. The number of ether oxygens (including phenoxy) is 2. The number of amides is 3. The van der Waals surface area contributed by atoms with Gasteiger partial charge in [0, 0.05) is 26.6 Å². The highest BCUT2D eigenvalue weighted by molar-refractivity contribution is 8.00. The van der Waals surface area contributed by atoms with Crippen LogP contribution in [-0.2, 0) is 27.2 Å². The van der Waals surface area contributed by atoms with Gasteiger partial charge in [-0.2, -0.15) is 0 Å². The predicted octanol–water partition coefficient (Wildman–Crippen LogP) is 8.35. The molecule has 11 heteroatoms. The smallest absolute Gasteiger partial charge is 0.341 e. The molecule has 3 N–H and O–H groups in total. The molecule has 0 bridgehead atoms. The van der Waals surface area contributed by atoms with Gasteiger partial charge in [-0.05, 0) is 85.7 Å². The minimum Gasteiger partial charge on any atom is -0.493 e. The average molecular weight is 746 g/mol. The lowest BCUT2D eigenvalue weighted by molar-refractivity contribution is -0.114. The first-order valence-electron chi connectivity index (χ1n) is 17.2. The fourth-order valence-corrected chi connectivity index (χ4v) is 8.25. The molecular formula is C42H39N3O6S2. The highest BCUT2D eigenvalue weighted by Crippen LogP contribution is 2.43. The molecular weight excluding hydrogens is 707 g/mol. The second-order valence-electron chi connectivity index (χ2n) is 12.2. The number of para-hydroxylation sites is 1. The van der Waals surface area contributed by atoms with E-state index in [2.05, 4.69) is 28.1 Å². The first kappa shape index (κ1) is 37.1. The molecule has 270 valence electrons. The van der Waals surface area contributed by atoms with E-state index in [-0.39, 0.29) is 17.4 Å². The second kappa shape index (κ2) is 17.7.